The first-order chi connectivity index (χ1) is 11.6. The second-order valence-electron chi connectivity index (χ2n) is 5.74. The van der Waals surface area contributed by atoms with Crippen LogP contribution in [0.1, 0.15) is 38.2 Å². The number of pyridine rings is 1. The molecule has 0 bridgehead atoms. The number of carbonyl (C=O) groups is 1. The topological polar surface area (TPSA) is 54.9 Å². The normalized spacial score (nSPS) is 11.9. The predicted octanol–water partition coefficient (Wildman–Crippen LogP) is 3.87. The second kappa shape index (κ2) is 7.36. The van der Waals surface area contributed by atoms with E-state index in [9.17, 15) is 4.79 Å². The number of aryl methyl sites for hydroxylation is 2. The monoisotopic (exact) mass is 337 g/mol. The number of nitrogens with zero attached hydrogens (tertiary/aromatic N) is 2. The van der Waals surface area contributed by atoms with Crippen molar-refractivity contribution in [1.82, 2.24) is 15.3 Å². The average molecular weight is 337 g/mol. The summed E-state index contributed by atoms with van der Waals surface area (Å²) in [5.41, 5.74) is 5.69. The van der Waals surface area contributed by atoms with Crippen molar-refractivity contribution in [2.45, 2.75) is 26.3 Å². The molecular formula is C19H19N3OS. The molecule has 0 fully saturated rings. The summed E-state index contributed by atoms with van der Waals surface area (Å²) >= 11 is 1.36. The molecule has 0 radical (unpaired) electrons. The van der Waals surface area contributed by atoms with Crippen LogP contribution >= 0.6 is 11.3 Å². The van der Waals surface area contributed by atoms with Gasteiger partial charge in [0.2, 0.25) is 0 Å². The second-order valence-corrected chi connectivity index (χ2v) is 6.59. The van der Waals surface area contributed by atoms with Gasteiger partial charge in [-0.15, -0.1) is 11.3 Å². The van der Waals surface area contributed by atoms with Crippen molar-refractivity contribution in [3.05, 3.63) is 81.6 Å². The summed E-state index contributed by atoms with van der Waals surface area (Å²) in [6.45, 7) is 3.91. The first kappa shape index (κ1) is 16.3. The lowest BCUT2D eigenvalue weighted by Gasteiger charge is -2.18. The van der Waals surface area contributed by atoms with Crippen LogP contribution in [-0.2, 0) is 6.42 Å². The molecule has 0 aliphatic carbocycles. The Bertz CT molecular complexity index is 812. The Morgan fingerprint density at radius 2 is 1.92 bits per heavy atom. The number of rotatable bonds is 5. The van der Waals surface area contributed by atoms with E-state index in [2.05, 4.69) is 46.5 Å². The van der Waals surface area contributed by atoms with Crippen molar-refractivity contribution < 1.29 is 4.79 Å². The van der Waals surface area contributed by atoms with E-state index in [1.807, 2.05) is 25.1 Å². The van der Waals surface area contributed by atoms with E-state index in [0.29, 0.717) is 11.3 Å². The van der Waals surface area contributed by atoms with Gasteiger partial charge in [0.1, 0.15) is 4.88 Å². The van der Waals surface area contributed by atoms with Gasteiger partial charge < -0.3 is 5.32 Å². The maximum atomic E-state index is 12.6. The molecule has 3 aromatic rings. The third kappa shape index (κ3) is 3.86. The molecule has 2 aromatic heterocycles. The van der Waals surface area contributed by atoms with Crippen molar-refractivity contribution in [3.8, 4) is 0 Å². The molecule has 24 heavy (non-hydrogen) atoms. The Balaban J connectivity index is 1.84. The highest BCUT2D eigenvalue weighted by atomic mass is 32.1. The van der Waals surface area contributed by atoms with Crippen molar-refractivity contribution in [2.75, 3.05) is 0 Å². The molecule has 0 spiro atoms. The summed E-state index contributed by atoms with van der Waals surface area (Å²) in [7, 11) is 0. The number of hydrogen-bond donors (Lipinski definition) is 1. The van der Waals surface area contributed by atoms with Gasteiger partial charge in [-0.3, -0.25) is 9.78 Å². The van der Waals surface area contributed by atoms with E-state index in [0.717, 1.165) is 17.0 Å². The van der Waals surface area contributed by atoms with Crippen molar-refractivity contribution in [3.63, 3.8) is 0 Å². The zero-order chi connectivity index (χ0) is 16.9. The lowest BCUT2D eigenvalue weighted by atomic mass is 10.0. The van der Waals surface area contributed by atoms with Gasteiger partial charge in [0.15, 0.2) is 0 Å². The molecule has 122 valence electrons. The predicted molar refractivity (Wildman–Crippen MR) is 96.2 cm³/mol. The third-order valence-corrected chi connectivity index (χ3v) is 4.79. The van der Waals surface area contributed by atoms with Crippen LogP contribution < -0.4 is 5.32 Å². The van der Waals surface area contributed by atoms with Crippen molar-refractivity contribution in [2.24, 2.45) is 0 Å². The molecule has 0 saturated carbocycles. The molecule has 1 aromatic carbocycles. The average Bonchev–Trinajstić information content (AvgIpc) is 3.03. The van der Waals surface area contributed by atoms with Crippen LogP contribution in [0.25, 0.3) is 0 Å². The maximum absolute atomic E-state index is 12.6. The lowest BCUT2D eigenvalue weighted by molar-refractivity contribution is 0.0939. The van der Waals surface area contributed by atoms with Gasteiger partial charge in [-0.1, -0.05) is 35.9 Å². The highest BCUT2D eigenvalue weighted by molar-refractivity contribution is 7.11. The van der Waals surface area contributed by atoms with Crippen molar-refractivity contribution in [1.29, 1.82) is 0 Å². The highest BCUT2D eigenvalue weighted by Crippen LogP contribution is 2.19. The first-order valence-electron chi connectivity index (χ1n) is 7.81. The molecule has 0 unspecified atom stereocenters. The Hall–Kier alpha value is -2.53. The molecular weight excluding hydrogens is 318 g/mol. The minimum atomic E-state index is -0.178. The molecule has 0 aliphatic heterocycles. The van der Waals surface area contributed by atoms with E-state index in [1.54, 1.807) is 11.7 Å². The molecule has 4 nitrogen and oxygen atoms in total. The Morgan fingerprint density at radius 1 is 1.12 bits per heavy atom. The smallest absolute Gasteiger partial charge is 0.263 e. The van der Waals surface area contributed by atoms with Crippen LogP contribution in [0.5, 0.6) is 0 Å². The molecule has 1 amide bonds. The number of hydrogen-bond acceptors (Lipinski definition) is 4. The lowest BCUT2D eigenvalue weighted by Crippen LogP contribution is -2.30. The van der Waals surface area contributed by atoms with E-state index >= 15 is 0 Å². The van der Waals surface area contributed by atoms with Crippen LogP contribution in [-0.4, -0.2) is 15.9 Å². The van der Waals surface area contributed by atoms with Crippen LogP contribution in [0.15, 0.2) is 54.2 Å². The highest BCUT2D eigenvalue weighted by Gasteiger charge is 2.19. The Kier molecular flexibility index (Phi) is 5.01. The maximum Gasteiger partial charge on any atom is 0.263 e. The third-order valence-electron chi connectivity index (χ3n) is 3.86. The number of thiazole rings is 1. The van der Waals surface area contributed by atoms with Gasteiger partial charge in [-0.05, 0) is 38.0 Å². The summed E-state index contributed by atoms with van der Waals surface area (Å²) in [5, 5.41) is 3.11. The molecule has 0 aliphatic rings. The summed E-state index contributed by atoms with van der Waals surface area (Å²) in [6.07, 6.45) is 2.45. The molecule has 3 rings (SSSR count). The van der Waals surface area contributed by atoms with E-state index in [1.165, 1.54) is 16.9 Å². The van der Waals surface area contributed by atoms with Gasteiger partial charge in [0, 0.05) is 6.20 Å². The minimum absolute atomic E-state index is 0.0993. The number of benzene rings is 1. The van der Waals surface area contributed by atoms with Gasteiger partial charge in [-0.2, -0.15) is 0 Å². The molecule has 1 atom stereocenters. The van der Waals surface area contributed by atoms with Gasteiger partial charge in [0.05, 0.1) is 22.9 Å². The fourth-order valence-corrected chi connectivity index (χ4v) is 3.22. The van der Waals surface area contributed by atoms with Crippen LogP contribution in [0, 0.1) is 13.8 Å². The van der Waals surface area contributed by atoms with Crippen molar-refractivity contribution >= 4 is 17.2 Å². The standard InChI is InChI=1S/C19H19N3OS/c1-13-6-8-15(9-7-13)11-17(16-5-3-4-10-20-16)22-19(23)18-14(2)21-12-24-18/h3-10,12,17H,11H2,1-2H3,(H,22,23)/t17-/m1/s1. The number of aromatic nitrogens is 2. The first-order valence-corrected chi connectivity index (χ1v) is 8.69. The largest absolute Gasteiger partial charge is 0.343 e. The number of nitrogens with one attached hydrogen (secondary N) is 1. The van der Waals surface area contributed by atoms with Gasteiger partial charge in [0.25, 0.3) is 5.91 Å². The number of amides is 1. The molecule has 0 saturated heterocycles. The zero-order valence-electron chi connectivity index (χ0n) is 13.7. The zero-order valence-corrected chi connectivity index (χ0v) is 14.5. The van der Waals surface area contributed by atoms with Crippen LogP contribution in [0.4, 0.5) is 0 Å². The van der Waals surface area contributed by atoms with E-state index < -0.39 is 0 Å². The molecule has 1 N–H and O–H groups in total. The van der Waals surface area contributed by atoms with E-state index in [-0.39, 0.29) is 11.9 Å². The fourth-order valence-electron chi connectivity index (χ4n) is 2.52. The Morgan fingerprint density at radius 3 is 2.54 bits per heavy atom. The minimum Gasteiger partial charge on any atom is -0.343 e. The summed E-state index contributed by atoms with van der Waals surface area (Å²) < 4.78 is 0. The fraction of sp³-hybridized carbons (Fsp3) is 0.211. The summed E-state index contributed by atoms with van der Waals surface area (Å²) in [5.74, 6) is -0.0993. The van der Waals surface area contributed by atoms with Gasteiger partial charge >= 0.3 is 0 Å². The van der Waals surface area contributed by atoms with E-state index in [4.69, 9.17) is 0 Å². The summed E-state index contributed by atoms with van der Waals surface area (Å²) in [6, 6.07) is 13.9. The van der Waals surface area contributed by atoms with Crippen LogP contribution in [0.2, 0.25) is 0 Å². The molecule has 2 heterocycles. The van der Waals surface area contributed by atoms with Gasteiger partial charge in [-0.25, -0.2) is 4.98 Å². The van der Waals surface area contributed by atoms with Crippen LogP contribution in [0.3, 0.4) is 0 Å². The Labute approximate surface area is 145 Å². The molecule has 5 heteroatoms. The number of carbonyl (C=O) groups excluding carboxylic acids is 1. The SMILES string of the molecule is Cc1ccc(C[C@@H](NC(=O)c2scnc2C)c2ccccn2)cc1. The summed E-state index contributed by atoms with van der Waals surface area (Å²) in [4.78, 5) is 21.8. The quantitative estimate of drug-likeness (QED) is 0.769.